The van der Waals surface area contributed by atoms with E-state index in [9.17, 15) is 9.59 Å². The summed E-state index contributed by atoms with van der Waals surface area (Å²) in [5.74, 6) is -0.291. The van der Waals surface area contributed by atoms with Crippen LogP contribution in [0.2, 0.25) is 0 Å². The number of rotatable bonds is 2. The van der Waals surface area contributed by atoms with Gasteiger partial charge < -0.3 is 14.4 Å². The average molecular weight is 262 g/mol. The molecular weight excluding hydrogens is 246 g/mol. The van der Waals surface area contributed by atoms with Gasteiger partial charge in [0.1, 0.15) is 5.60 Å². The van der Waals surface area contributed by atoms with Gasteiger partial charge in [-0.3, -0.25) is 4.79 Å². The van der Waals surface area contributed by atoms with Crippen LogP contribution in [0.3, 0.4) is 0 Å². The minimum absolute atomic E-state index is 0.0411. The third-order valence-electron chi connectivity index (χ3n) is 2.99. The highest BCUT2D eigenvalue weighted by molar-refractivity contribution is 6.17. The van der Waals surface area contributed by atoms with Crippen molar-refractivity contribution in [2.24, 2.45) is 11.8 Å². The van der Waals surface area contributed by atoms with E-state index >= 15 is 0 Å². The van der Waals surface area contributed by atoms with Crippen LogP contribution in [0.5, 0.6) is 0 Å². The predicted octanol–water partition coefficient (Wildman–Crippen LogP) is 1.59. The molecule has 0 aromatic carbocycles. The Morgan fingerprint density at radius 1 is 1.41 bits per heavy atom. The number of amides is 1. The highest BCUT2D eigenvalue weighted by Gasteiger charge is 2.68. The monoisotopic (exact) mass is 261 g/mol. The van der Waals surface area contributed by atoms with Gasteiger partial charge in [-0.2, -0.15) is 0 Å². The van der Waals surface area contributed by atoms with Crippen LogP contribution in [0, 0.1) is 11.8 Å². The summed E-state index contributed by atoms with van der Waals surface area (Å²) in [6, 6.07) is -0.179. The maximum absolute atomic E-state index is 11.7. The number of nitrogens with zero attached hydrogens (tertiary/aromatic N) is 1. The van der Waals surface area contributed by atoms with Crippen molar-refractivity contribution in [3.05, 3.63) is 0 Å². The molecule has 1 heterocycles. The highest BCUT2D eigenvalue weighted by atomic mass is 35.5. The van der Waals surface area contributed by atoms with Crippen molar-refractivity contribution in [1.82, 2.24) is 4.90 Å². The van der Waals surface area contributed by atoms with E-state index in [-0.39, 0.29) is 36.0 Å². The summed E-state index contributed by atoms with van der Waals surface area (Å²) in [6.45, 7) is 6.01. The molecule has 2 rings (SSSR count). The Kier molecular flexibility index (Phi) is 2.97. The lowest BCUT2D eigenvalue weighted by atomic mass is 10.2. The molecule has 96 valence electrons. The molecular formula is C11H16ClNO4. The quantitative estimate of drug-likeness (QED) is 0.560. The number of ether oxygens (including phenoxy) is 2. The van der Waals surface area contributed by atoms with Crippen LogP contribution in [0.4, 0.5) is 4.79 Å². The molecule has 3 atom stereocenters. The molecule has 0 unspecified atom stereocenters. The zero-order chi connectivity index (χ0) is 12.8. The first kappa shape index (κ1) is 12.5. The molecule has 2 aliphatic rings. The van der Waals surface area contributed by atoms with Gasteiger partial charge in [0.15, 0.2) is 6.07 Å². The summed E-state index contributed by atoms with van der Waals surface area (Å²) in [7, 11) is 0. The van der Waals surface area contributed by atoms with Crippen molar-refractivity contribution in [3.63, 3.8) is 0 Å². The van der Waals surface area contributed by atoms with E-state index in [1.165, 1.54) is 0 Å². The molecule has 17 heavy (non-hydrogen) atoms. The lowest BCUT2D eigenvalue weighted by Gasteiger charge is -2.32. The molecule has 1 aliphatic heterocycles. The summed E-state index contributed by atoms with van der Waals surface area (Å²) in [5.41, 5.74) is -0.511. The van der Waals surface area contributed by atoms with Crippen LogP contribution in [0.1, 0.15) is 20.8 Å². The van der Waals surface area contributed by atoms with Crippen molar-refractivity contribution in [3.8, 4) is 0 Å². The topological polar surface area (TPSA) is 55.8 Å². The second-order valence-electron chi connectivity index (χ2n) is 5.39. The molecule has 5 nitrogen and oxygen atoms in total. The molecule has 0 bridgehead atoms. The SMILES string of the molecule is CC(C)(C)OC(=O)N1C[C@H]2[C@H](C(=O)OCCl)[C@H]21. The zero-order valence-corrected chi connectivity index (χ0v) is 10.9. The first-order valence-corrected chi connectivity index (χ1v) is 6.11. The second-order valence-corrected chi connectivity index (χ2v) is 5.60. The van der Waals surface area contributed by atoms with Crippen LogP contribution < -0.4 is 0 Å². The Morgan fingerprint density at radius 2 is 2.06 bits per heavy atom. The lowest BCUT2D eigenvalue weighted by Crippen LogP contribution is -2.46. The number of likely N-dealkylation sites (tertiary alicyclic amines) is 1. The molecule has 0 N–H and O–H groups in total. The number of esters is 1. The normalized spacial score (nSPS) is 30.1. The van der Waals surface area contributed by atoms with Gasteiger partial charge in [-0.25, -0.2) is 4.79 Å². The van der Waals surface area contributed by atoms with Crippen molar-refractivity contribution in [2.45, 2.75) is 32.4 Å². The van der Waals surface area contributed by atoms with E-state index in [4.69, 9.17) is 21.1 Å². The number of carbonyl (C=O) groups excluding carboxylic acids is 2. The van der Waals surface area contributed by atoms with Crippen molar-refractivity contribution >= 4 is 23.7 Å². The van der Waals surface area contributed by atoms with Gasteiger partial charge in [-0.05, 0) is 20.8 Å². The second kappa shape index (κ2) is 4.05. The third kappa shape index (κ3) is 2.34. The van der Waals surface area contributed by atoms with E-state index < -0.39 is 5.60 Å². The van der Waals surface area contributed by atoms with Crippen LogP contribution in [0.15, 0.2) is 0 Å². The molecule has 0 aromatic rings. The molecule has 0 radical (unpaired) electrons. The Hall–Kier alpha value is -0.970. The maximum atomic E-state index is 11.7. The molecule has 1 saturated heterocycles. The number of halogens is 1. The van der Waals surface area contributed by atoms with Crippen molar-refractivity contribution in [1.29, 1.82) is 0 Å². The summed E-state index contributed by atoms with van der Waals surface area (Å²) in [6.07, 6.45) is -0.361. The fourth-order valence-electron chi connectivity index (χ4n) is 2.19. The predicted molar refractivity (Wildman–Crippen MR) is 60.5 cm³/mol. The number of alkyl halides is 1. The van der Waals surface area contributed by atoms with E-state index in [0.717, 1.165) is 0 Å². The third-order valence-corrected chi connectivity index (χ3v) is 3.10. The molecule has 0 spiro atoms. The van der Waals surface area contributed by atoms with E-state index in [2.05, 4.69) is 0 Å². The van der Waals surface area contributed by atoms with E-state index in [0.29, 0.717) is 6.54 Å². The number of hydrogen-bond donors (Lipinski definition) is 0. The van der Waals surface area contributed by atoms with Crippen LogP contribution >= 0.6 is 11.6 Å². The maximum Gasteiger partial charge on any atom is 0.410 e. The first-order valence-electron chi connectivity index (χ1n) is 5.57. The molecule has 2 fully saturated rings. The fraction of sp³-hybridized carbons (Fsp3) is 0.818. The Bertz CT molecular complexity index is 352. The van der Waals surface area contributed by atoms with Crippen molar-refractivity contribution < 1.29 is 19.1 Å². The smallest absolute Gasteiger partial charge is 0.410 e. The summed E-state index contributed by atoms with van der Waals surface area (Å²) in [5, 5.41) is 0. The van der Waals surface area contributed by atoms with Crippen LogP contribution in [-0.4, -0.2) is 41.2 Å². The summed E-state index contributed by atoms with van der Waals surface area (Å²) < 4.78 is 9.96. The van der Waals surface area contributed by atoms with Crippen LogP contribution in [0.25, 0.3) is 0 Å². The molecule has 1 amide bonds. The minimum Gasteiger partial charge on any atom is -0.449 e. The number of fused-ring (bicyclic) bond motifs is 1. The van der Waals surface area contributed by atoms with E-state index in [1.807, 2.05) is 20.8 Å². The molecule has 0 aromatic heterocycles. The largest absolute Gasteiger partial charge is 0.449 e. The molecule has 1 saturated carbocycles. The Morgan fingerprint density at radius 3 is 2.59 bits per heavy atom. The summed E-state index contributed by atoms with van der Waals surface area (Å²) >= 11 is 5.32. The zero-order valence-electron chi connectivity index (χ0n) is 10.1. The number of hydrogen-bond acceptors (Lipinski definition) is 4. The summed E-state index contributed by atoms with van der Waals surface area (Å²) in [4.78, 5) is 24.7. The van der Waals surface area contributed by atoms with Gasteiger partial charge in [0.05, 0.1) is 12.0 Å². The first-order chi connectivity index (χ1) is 7.85. The van der Waals surface area contributed by atoms with Gasteiger partial charge in [0.25, 0.3) is 0 Å². The molecule has 1 aliphatic carbocycles. The lowest BCUT2D eigenvalue weighted by molar-refractivity contribution is -0.143. The van der Waals surface area contributed by atoms with Gasteiger partial charge >= 0.3 is 12.1 Å². The fourth-order valence-corrected chi connectivity index (χ4v) is 2.30. The number of carbonyl (C=O) groups is 2. The standard InChI is InChI=1S/C11H16ClNO4/c1-11(2,3)17-10(15)13-4-6-7(8(6)13)9(14)16-5-12/h6-8H,4-5H2,1-3H3/t6-,7-,8-/m0/s1. The van der Waals surface area contributed by atoms with Crippen LogP contribution in [-0.2, 0) is 14.3 Å². The minimum atomic E-state index is -0.511. The molecule has 6 heteroatoms. The van der Waals surface area contributed by atoms with Gasteiger partial charge in [0, 0.05) is 12.5 Å². The Balaban J connectivity index is 1.85. The van der Waals surface area contributed by atoms with Gasteiger partial charge in [0.2, 0.25) is 0 Å². The average Bonchev–Trinajstić information content (AvgIpc) is 2.67. The van der Waals surface area contributed by atoms with Gasteiger partial charge in [-0.1, -0.05) is 11.6 Å². The van der Waals surface area contributed by atoms with E-state index in [1.54, 1.807) is 4.90 Å². The highest BCUT2D eigenvalue weighted by Crippen LogP contribution is 2.53. The van der Waals surface area contributed by atoms with Gasteiger partial charge in [-0.15, -0.1) is 0 Å². The van der Waals surface area contributed by atoms with Crippen molar-refractivity contribution in [2.75, 3.05) is 12.6 Å². The Labute approximate surface area is 105 Å².